The summed E-state index contributed by atoms with van der Waals surface area (Å²) in [5, 5.41) is 2.96. The van der Waals surface area contributed by atoms with E-state index in [1.165, 1.54) is 12.1 Å². The number of nitrogens with one attached hydrogen (secondary N) is 1. The molecule has 0 fully saturated rings. The Balaban J connectivity index is 2.97. The number of carbonyl (C=O) groups excluding carboxylic acids is 1. The number of likely N-dealkylation sites (N-methyl/N-ethyl adjacent to an activating group) is 1. The standard InChI is InChI=1S/C15H22FNO2/c1-9(2)14(17-5)15(18)11-6-7-13(12(16)8-11)19-10(3)4/h6-10,14,17H,1-5H3. The smallest absolute Gasteiger partial charge is 0.180 e. The van der Waals surface area contributed by atoms with Crippen LogP contribution in [-0.2, 0) is 0 Å². The molecule has 0 aromatic heterocycles. The fourth-order valence-electron chi connectivity index (χ4n) is 1.95. The van der Waals surface area contributed by atoms with Gasteiger partial charge in [0.25, 0.3) is 0 Å². The Bertz CT molecular complexity index is 444. The Morgan fingerprint density at radius 1 is 1.26 bits per heavy atom. The summed E-state index contributed by atoms with van der Waals surface area (Å²) in [5.41, 5.74) is 0.363. The molecule has 1 aromatic rings. The highest BCUT2D eigenvalue weighted by Crippen LogP contribution is 2.21. The minimum absolute atomic E-state index is 0.100. The minimum atomic E-state index is -0.502. The van der Waals surface area contributed by atoms with Gasteiger partial charge in [0.05, 0.1) is 12.1 Å². The van der Waals surface area contributed by atoms with Crippen LogP contribution in [0.25, 0.3) is 0 Å². The lowest BCUT2D eigenvalue weighted by Crippen LogP contribution is -2.38. The van der Waals surface area contributed by atoms with E-state index in [0.29, 0.717) is 5.56 Å². The molecule has 0 saturated heterocycles. The summed E-state index contributed by atoms with van der Waals surface area (Å²) in [7, 11) is 1.73. The fourth-order valence-corrected chi connectivity index (χ4v) is 1.95. The number of Topliss-reactive ketones (excluding diaryl/α,β-unsaturated/α-hetero) is 1. The maximum atomic E-state index is 13.8. The molecule has 1 N–H and O–H groups in total. The van der Waals surface area contributed by atoms with Crippen molar-refractivity contribution in [1.82, 2.24) is 5.32 Å². The molecule has 0 bridgehead atoms. The van der Waals surface area contributed by atoms with Crippen molar-refractivity contribution in [3.8, 4) is 5.75 Å². The van der Waals surface area contributed by atoms with Gasteiger partial charge in [0.2, 0.25) is 0 Å². The van der Waals surface area contributed by atoms with Crippen LogP contribution in [-0.4, -0.2) is 25.0 Å². The first kappa shape index (κ1) is 15.6. The predicted molar refractivity (Wildman–Crippen MR) is 74.2 cm³/mol. The van der Waals surface area contributed by atoms with Crippen LogP contribution in [0, 0.1) is 11.7 Å². The monoisotopic (exact) mass is 267 g/mol. The molecule has 19 heavy (non-hydrogen) atoms. The van der Waals surface area contributed by atoms with Gasteiger partial charge in [-0.2, -0.15) is 0 Å². The van der Waals surface area contributed by atoms with Crippen LogP contribution in [0.2, 0.25) is 0 Å². The van der Waals surface area contributed by atoms with Crippen LogP contribution in [0.15, 0.2) is 18.2 Å². The van der Waals surface area contributed by atoms with E-state index in [9.17, 15) is 9.18 Å². The van der Waals surface area contributed by atoms with E-state index in [0.717, 1.165) is 0 Å². The molecule has 0 aliphatic carbocycles. The average molecular weight is 267 g/mol. The van der Waals surface area contributed by atoms with Crippen LogP contribution in [0.5, 0.6) is 5.75 Å². The number of rotatable bonds is 6. The van der Waals surface area contributed by atoms with Gasteiger partial charge in [-0.25, -0.2) is 4.39 Å². The fraction of sp³-hybridized carbons (Fsp3) is 0.533. The lowest BCUT2D eigenvalue weighted by Gasteiger charge is -2.19. The molecule has 0 heterocycles. The molecule has 1 aromatic carbocycles. The number of benzene rings is 1. The van der Waals surface area contributed by atoms with Crippen molar-refractivity contribution in [1.29, 1.82) is 0 Å². The predicted octanol–water partition coefficient (Wildman–Crippen LogP) is 3.04. The zero-order valence-electron chi connectivity index (χ0n) is 12.2. The van der Waals surface area contributed by atoms with Crippen molar-refractivity contribution in [2.45, 2.75) is 39.8 Å². The second-order valence-electron chi connectivity index (χ2n) is 5.19. The van der Waals surface area contributed by atoms with E-state index in [-0.39, 0.29) is 29.6 Å². The normalized spacial score (nSPS) is 12.8. The van der Waals surface area contributed by atoms with Crippen LogP contribution in [0.3, 0.4) is 0 Å². The third-order valence-electron chi connectivity index (χ3n) is 2.84. The highest BCUT2D eigenvalue weighted by Gasteiger charge is 2.22. The molecule has 1 atom stereocenters. The zero-order chi connectivity index (χ0) is 14.6. The molecule has 1 rings (SSSR count). The average Bonchev–Trinajstić information content (AvgIpc) is 2.31. The largest absolute Gasteiger partial charge is 0.488 e. The van der Waals surface area contributed by atoms with Gasteiger partial charge in [-0.1, -0.05) is 13.8 Å². The number of carbonyl (C=O) groups is 1. The van der Waals surface area contributed by atoms with Crippen molar-refractivity contribution >= 4 is 5.78 Å². The number of hydrogen-bond acceptors (Lipinski definition) is 3. The second kappa shape index (κ2) is 6.66. The van der Waals surface area contributed by atoms with E-state index < -0.39 is 5.82 Å². The van der Waals surface area contributed by atoms with Crippen LogP contribution >= 0.6 is 0 Å². The molecule has 1 unspecified atom stereocenters. The maximum absolute atomic E-state index is 13.8. The second-order valence-corrected chi connectivity index (χ2v) is 5.19. The van der Waals surface area contributed by atoms with E-state index in [1.54, 1.807) is 13.1 Å². The van der Waals surface area contributed by atoms with Gasteiger partial charge in [-0.05, 0) is 45.0 Å². The Kier molecular flexibility index (Phi) is 5.48. The van der Waals surface area contributed by atoms with Crippen molar-refractivity contribution in [3.05, 3.63) is 29.6 Å². The first-order valence-electron chi connectivity index (χ1n) is 6.54. The lowest BCUT2D eigenvalue weighted by atomic mass is 9.95. The third-order valence-corrected chi connectivity index (χ3v) is 2.84. The Morgan fingerprint density at radius 3 is 2.32 bits per heavy atom. The molecular formula is C15H22FNO2. The quantitative estimate of drug-likeness (QED) is 0.805. The van der Waals surface area contributed by atoms with Crippen molar-refractivity contribution < 1.29 is 13.9 Å². The van der Waals surface area contributed by atoms with Gasteiger partial charge in [-0.15, -0.1) is 0 Å². The molecule has 0 aliphatic heterocycles. The van der Waals surface area contributed by atoms with Crippen LogP contribution in [0.4, 0.5) is 4.39 Å². The summed E-state index contributed by atoms with van der Waals surface area (Å²) in [6.07, 6.45) is -0.100. The number of halogens is 1. The number of hydrogen-bond donors (Lipinski definition) is 1. The number of ketones is 1. The summed E-state index contributed by atoms with van der Waals surface area (Å²) in [4.78, 5) is 12.2. The van der Waals surface area contributed by atoms with Gasteiger partial charge in [0, 0.05) is 5.56 Å². The first-order valence-corrected chi connectivity index (χ1v) is 6.54. The maximum Gasteiger partial charge on any atom is 0.180 e. The molecule has 0 amide bonds. The third kappa shape index (κ3) is 4.03. The molecule has 0 radical (unpaired) electrons. The van der Waals surface area contributed by atoms with Gasteiger partial charge in [0.15, 0.2) is 17.3 Å². The van der Waals surface area contributed by atoms with Crippen molar-refractivity contribution in [2.24, 2.45) is 5.92 Å². The molecule has 0 aliphatic rings. The lowest BCUT2D eigenvalue weighted by molar-refractivity contribution is 0.0922. The Labute approximate surface area is 114 Å². The SMILES string of the molecule is CNC(C(=O)c1ccc(OC(C)C)c(F)c1)C(C)C. The van der Waals surface area contributed by atoms with Crippen LogP contribution in [0.1, 0.15) is 38.1 Å². The van der Waals surface area contributed by atoms with Crippen molar-refractivity contribution in [3.63, 3.8) is 0 Å². The van der Waals surface area contributed by atoms with Crippen LogP contribution < -0.4 is 10.1 Å². The Morgan fingerprint density at radius 2 is 1.89 bits per heavy atom. The minimum Gasteiger partial charge on any atom is -0.488 e. The van der Waals surface area contributed by atoms with Gasteiger partial charge < -0.3 is 10.1 Å². The summed E-state index contributed by atoms with van der Waals surface area (Å²) in [6, 6.07) is 4.05. The van der Waals surface area contributed by atoms with E-state index in [1.807, 2.05) is 27.7 Å². The summed E-state index contributed by atoms with van der Waals surface area (Å²) in [6.45, 7) is 7.56. The summed E-state index contributed by atoms with van der Waals surface area (Å²) < 4.78 is 19.2. The summed E-state index contributed by atoms with van der Waals surface area (Å²) in [5.74, 6) is -0.282. The van der Waals surface area contributed by atoms with E-state index in [4.69, 9.17) is 4.74 Å². The molecule has 3 nitrogen and oxygen atoms in total. The molecular weight excluding hydrogens is 245 g/mol. The first-order chi connectivity index (χ1) is 8.86. The summed E-state index contributed by atoms with van der Waals surface area (Å²) >= 11 is 0. The Hall–Kier alpha value is -1.42. The molecule has 4 heteroatoms. The molecule has 106 valence electrons. The zero-order valence-corrected chi connectivity index (χ0v) is 12.2. The van der Waals surface area contributed by atoms with Gasteiger partial charge in [0.1, 0.15) is 0 Å². The highest BCUT2D eigenvalue weighted by atomic mass is 19.1. The highest BCUT2D eigenvalue weighted by molar-refractivity contribution is 6.00. The topological polar surface area (TPSA) is 38.3 Å². The van der Waals surface area contributed by atoms with E-state index >= 15 is 0 Å². The van der Waals surface area contributed by atoms with Gasteiger partial charge >= 0.3 is 0 Å². The molecule has 0 spiro atoms. The van der Waals surface area contributed by atoms with Gasteiger partial charge in [-0.3, -0.25) is 4.79 Å². The van der Waals surface area contributed by atoms with E-state index in [2.05, 4.69) is 5.32 Å². The molecule has 0 saturated carbocycles. The van der Waals surface area contributed by atoms with Crippen molar-refractivity contribution in [2.75, 3.05) is 7.05 Å². The number of ether oxygens (including phenoxy) is 1.